The Kier molecular flexibility index (Phi) is 5.96. The average molecular weight is 505 g/mol. The summed E-state index contributed by atoms with van der Waals surface area (Å²) in [6.45, 7) is 2.73. The van der Waals surface area contributed by atoms with Crippen LogP contribution in [0.25, 0.3) is 11.2 Å². The van der Waals surface area contributed by atoms with Crippen LogP contribution in [0.1, 0.15) is 30.5 Å². The van der Waals surface area contributed by atoms with Gasteiger partial charge in [0.1, 0.15) is 17.2 Å². The Hall–Kier alpha value is -3.12. The molecule has 3 aromatic rings. The summed E-state index contributed by atoms with van der Waals surface area (Å²) in [6, 6.07) is 4.73. The molecular weight excluding hydrogens is 478 g/mol. The molecule has 0 saturated carbocycles. The third-order valence-electron chi connectivity index (χ3n) is 6.87. The number of pyridine rings is 1. The van der Waals surface area contributed by atoms with Gasteiger partial charge in [0.15, 0.2) is 5.65 Å². The summed E-state index contributed by atoms with van der Waals surface area (Å²) in [6.07, 6.45) is 2.26. The number of rotatable bonds is 6. The lowest BCUT2D eigenvalue weighted by molar-refractivity contribution is -0.136. The number of anilines is 1. The number of nitrogens with zero attached hydrogens (tertiary/aromatic N) is 4. The van der Waals surface area contributed by atoms with Gasteiger partial charge in [0.25, 0.3) is 0 Å². The van der Waals surface area contributed by atoms with Crippen LogP contribution in [-0.4, -0.2) is 65.7 Å². The maximum Gasteiger partial charge on any atom is 0.239 e. The first-order valence-electron chi connectivity index (χ1n) is 11.5. The van der Waals surface area contributed by atoms with Crippen molar-refractivity contribution >= 4 is 32.8 Å². The molecule has 2 saturated heterocycles. The number of aromatic nitrogens is 3. The van der Waals surface area contributed by atoms with Crippen LogP contribution in [0.15, 0.2) is 30.6 Å². The van der Waals surface area contributed by atoms with Gasteiger partial charge in [-0.05, 0) is 37.9 Å². The number of nitrogens with one attached hydrogen (secondary N) is 2. The summed E-state index contributed by atoms with van der Waals surface area (Å²) in [7, 11) is -1.87. The van der Waals surface area contributed by atoms with E-state index in [1.807, 2.05) is 0 Å². The van der Waals surface area contributed by atoms with Crippen LogP contribution in [0.5, 0.6) is 0 Å². The van der Waals surface area contributed by atoms with Crippen molar-refractivity contribution in [1.29, 1.82) is 0 Å². The number of amides is 1. The van der Waals surface area contributed by atoms with Gasteiger partial charge in [-0.1, -0.05) is 6.07 Å². The molecule has 0 radical (unpaired) electrons. The summed E-state index contributed by atoms with van der Waals surface area (Å²) in [5, 5.41) is 3.27. The minimum Gasteiger partial charge on any atom is -0.344 e. The van der Waals surface area contributed by atoms with E-state index < -0.39 is 21.7 Å². The quantitative estimate of drug-likeness (QED) is 0.532. The van der Waals surface area contributed by atoms with E-state index >= 15 is 0 Å². The van der Waals surface area contributed by atoms with Crippen molar-refractivity contribution in [2.75, 3.05) is 30.6 Å². The van der Waals surface area contributed by atoms with E-state index in [0.717, 1.165) is 12.5 Å². The molecule has 1 aromatic carbocycles. The molecule has 0 aliphatic carbocycles. The van der Waals surface area contributed by atoms with Gasteiger partial charge in [0.2, 0.25) is 15.9 Å². The summed E-state index contributed by atoms with van der Waals surface area (Å²) < 4.78 is 56.8. The molecule has 4 heterocycles. The second kappa shape index (κ2) is 8.83. The number of likely N-dealkylation sites (N-methyl/N-ethyl adjacent to an activating group) is 1. The zero-order valence-corrected chi connectivity index (χ0v) is 20.1. The molecule has 2 fully saturated rings. The molecule has 9 nitrogen and oxygen atoms in total. The Bertz CT molecular complexity index is 1410. The lowest BCUT2D eigenvalue weighted by Crippen LogP contribution is -2.53. The molecule has 5 rings (SSSR count). The maximum absolute atomic E-state index is 14.4. The SMILES string of the molecule is CCS(=O)(=O)Nc1cc(C2CN(C)C(=O)C3NCCC32)nc2c1ncn2Cc1ccc(F)cc1F. The molecule has 186 valence electrons. The Balaban J connectivity index is 1.62. The Labute approximate surface area is 201 Å². The van der Waals surface area contributed by atoms with E-state index in [4.69, 9.17) is 4.98 Å². The summed E-state index contributed by atoms with van der Waals surface area (Å²) >= 11 is 0. The van der Waals surface area contributed by atoms with Crippen molar-refractivity contribution in [3.8, 4) is 0 Å². The number of hydrogen-bond donors (Lipinski definition) is 2. The molecule has 12 heteroatoms. The number of imidazole rings is 1. The molecular formula is C23H26F2N6O3S. The van der Waals surface area contributed by atoms with E-state index in [0.29, 0.717) is 29.9 Å². The third kappa shape index (κ3) is 4.36. The summed E-state index contributed by atoms with van der Waals surface area (Å²) in [5.74, 6) is -1.56. The van der Waals surface area contributed by atoms with Gasteiger partial charge in [-0.2, -0.15) is 0 Å². The van der Waals surface area contributed by atoms with E-state index in [2.05, 4.69) is 15.0 Å². The number of piperidine rings is 1. The minimum atomic E-state index is -3.62. The number of sulfonamides is 1. The van der Waals surface area contributed by atoms with Crippen LogP contribution in [0, 0.1) is 17.6 Å². The largest absolute Gasteiger partial charge is 0.344 e. The van der Waals surface area contributed by atoms with Gasteiger partial charge < -0.3 is 14.8 Å². The number of likely N-dealkylation sites (tertiary alicyclic amines) is 1. The van der Waals surface area contributed by atoms with Gasteiger partial charge in [-0.3, -0.25) is 9.52 Å². The van der Waals surface area contributed by atoms with Crippen molar-refractivity contribution in [2.24, 2.45) is 5.92 Å². The smallest absolute Gasteiger partial charge is 0.239 e. The van der Waals surface area contributed by atoms with Crippen molar-refractivity contribution in [2.45, 2.75) is 31.8 Å². The molecule has 0 spiro atoms. The molecule has 2 aliphatic heterocycles. The lowest BCUT2D eigenvalue weighted by atomic mass is 9.80. The first-order valence-corrected chi connectivity index (χ1v) is 13.1. The van der Waals surface area contributed by atoms with Gasteiger partial charge in [-0.15, -0.1) is 0 Å². The number of benzene rings is 1. The highest BCUT2D eigenvalue weighted by Gasteiger charge is 2.45. The zero-order chi connectivity index (χ0) is 24.9. The molecule has 0 bridgehead atoms. The van der Waals surface area contributed by atoms with Crippen molar-refractivity contribution in [3.05, 3.63) is 53.5 Å². The molecule has 1 amide bonds. The predicted molar refractivity (Wildman–Crippen MR) is 126 cm³/mol. The molecule has 3 atom stereocenters. The van der Waals surface area contributed by atoms with Gasteiger partial charge in [0.05, 0.1) is 36.0 Å². The fraction of sp³-hybridized carbons (Fsp3) is 0.435. The van der Waals surface area contributed by atoms with E-state index in [9.17, 15) is 22.0 Å². The Morgan fingerprint density at radius 3 is 2.80 bits per heavy atom. The highest BCUT2D eigenvalue weighted by atomic mass is 32.2. The maximum atomic E-state index is 14.4. The van der Waals surface area contributed by atoms with Gasteiger partial charge in [0, 0.05) is 31.1 Å². The Morgan fingerprint density at radius 2 is 2.06 bits per heavy atom. The minimum absolute atomic E-state index is 0.0187. The summed E-state index contributed by atoms with van der Waals surface area (Å²) in [5.41, 5.74) is 1.87. The van der Waals surface area contributed by atoms with Crippen molar-refractivity contribution in [3.63, 3.8) is 0 Å². The van der Waals surface area contributed by atoms with Crippen LogP contribution in [0.4, 0.5) is 14.5 Å². The van der Waals surface area contributed by atoms with Crippen molar-refractivity contribution in [1.82, 2.24) is 24.8 Å². The van der Waals surface area contributed by atoms with Crippen molar-refractivity contribution < 1.29 is 22.0 Å². The fourth-order valence-corrected chi connectivity index (χ4v) is 5.64. The normalized spacial score (nSPS) is 22.6. The highest BCUT2D eigenvalue weighted by molar-refractivity contribution is 7.92. The number of halogens is 2. The molecule has 2 aromatic heterocycles. The second-order valence-electron chi connectivity index (χ2n) is 9.09. The monoisotopic (exact) mass is 504 g/mol. The number of carbonyl (C=O) groups is 1. The number of carbonyl (C=O) groups excluding carboxylic acids is 1. The average Bonchev–Trinajstić information content (AvgIpc) is 3.46. The topological polar surface area (TPSA) is 109 Å². The first-order chi connectivity index (χ1) is 16.7. The van der Waals surface area contributed by atoms with Crippen LogP contribution in [0.3, 0.4) is 0 Å². The number of fused-ring (bicyclic) bond motifs is 2. The first kappa shape index (κ1) is 23.6. The molecule has 35 heavy (non-hydrogen) atoms. The van der Waals surface area contributed by atoms with E-state index in [1.54, 1.807) is 22.6 Å². The molecule has 3 unspecified atom stereocenters. The van der Waals surface area contributed by atoms with E-state index in [1.165, 1.54) is 25.4 Å². The predicted octanol–water partition coefficient (Wildman–Crippen LogP) is 2.05. The Morgan fingerprint density at radius 1 is 1.26 bits per heavy atom. The van der Waals surface area contributed by atoms with Crippen LogP contribution in [-0.2, 0) is 21.4 Å². The summed E-state index contributed by atoms with van der Waals surface area (Å²) in [4.78, 5) is 23.5. The van der Waals surface area contributed by atoms with Gasteiger partial charge in [-0.25, -0.2) is 27.2 Å². The van der Waals surface area contributed by atoms with Crippen LogP contribution >= 0.6 is 0 Å². The van der Waals surface area contributed by atoms with E-state index in [-0.39, 0.29) is 47.3 Å². The molecule has 2 N–H and O–H groups in total. The van der Waals surface area contributed by atoms with Gasteiger partial charge >= 0.3 is 0 Å². The fourth-order valence-electron chi connectivity index (χ4n) is 5.01. The zero-order valence-electron chi connectivity index (χ0n) is 19.3. The number of hydrogen-bond acceptors (Lipinski definition) is 6. The van der Waals surface area contributed by atoms with Crippen LogP contribution < -0.4 is 10.0 Å². The third-order valence-corrected chi connectivity index (χ3v) is 8.16. The second-order valence-corrected chi connectivity index (χ2v) is 11.1. The van der Waals surface area contributed by atoms with Crippen LogP contribution in [0.2, 0.25) is 0 Å². The standard InChI is InChI=1S/C23H26F2N6O3S/c1-3-35(33,34)29-19-9-18(16-11-30(2)23(32)20-15(16)6-7-26-20)28-22-21(19)27-12-31(22)10-13-4-5-14(24)8-17(13)25/h4-5,8-9,12,15-16,20,26H,3,6-7,10-11H2,1-2H3,(H,28,29). The highest BCUT2D eigenvalue weighted by Crippen LogP contribution is 2.38. The lowest BCUT2D eigenvalue weighted by Gasteiger charge is -2.38. The molecule has 2 aliphatic rings.